The molecular weight excluding hydrogens is 446 g/mol. The first kappa shape index (κ1) is 21.7. The average molecular weight is 466 g/mol. The van der Waals surface area contributed by atoms with Gasteiger partial charge in [0.15, 0.2) is 5.16 Å². The molecule has 0 aliphatic heterocycles. The Bertz CT molecular complexity index is 1350. The summed E-state index contributed by atoms with van der Waals surface area (Å²) in [5.74, 6) is -0.182. The number of amides is 3. The Kier molecular flexibility index (Phi) is 6.33. The maximum atomic E-state index is 13.7. The predicted octanol–water partition coefficient (Wildman–Crippen LogP) is 3.37. The molecule has 8 nitrogen and oxygen atoms in total. The van der Waals surface area contributed by atoms with E-state index in [4.69, 9.17) is 0 Å². The minimum Gasteiger partial charge on any atom is -0.341 e. The Morgan fingerprint density at radius 3 is 2.62 bits per heavy atom. The summed E-state index contributed by atoms with van der Waals surface area (Å²) in [4.78, 5) is 46.7. The van der Waals surface area contributed by atoms with Crippen LogP contribution < -0.4 is 16.2 Å². The number of urea groups is 1. The van der Waals surface area contributed by atoms with E-state index in [1.165, 1.54) is 23.0 Å². The maximum absolute atomic E-state index is 13.7. The largest absolute Gasteiger partial charge is 0.341 e. The third-order valence-electron chi connectivity index (χ3n) is 4.63. The van der Waals surface area contributed by atoms with E-state index in [2.05, 4.69) is 20.6 Å². The number of fused-ring (bicyclic) bond motifs is 1. The fraction of sp³-hybridized carbons (Fsp3) is 0.136. The Balaban J connectivity index is 1.82. The van der Waals surface area contributed by atoms with Crippen LogP contribution >= 0.6 is 23.1 Å². The van der Waals surface area contributed by atoms with Gasteiger partial charge in [-0.2, -0.15) is 0 Å². The van der Waals surface area contributed by atoms with E-state index in [1.54, 1.807) is 24.4 Å². The first-order valence-corrected chi connectivity index (χ1v) is 11.5. The molecule has 32 heavy (non-hydrogen) atoms. The molecule has 0 spiro atoms. The molecule has 0 bridgehead atoms. The number of benzene rings is 1. The smallest absolute Gasteiger partial charge is 0.321 e. The van der Waals surface area contributed by atoms with Crippen molar-refractivity contribution >= 4 is 45.3 Å². The summed E-state index contributed by atoms with van der Waals surface area (Å²) in [5, 5.41) is 7.27. The van der Waals surface area contributed by atoms with E-state index in [0.29, 0.717) is 21.2 Å². The van der Waals surface area contributed by atoms with Crippen molar-refractivity contribution in [3.63, 3.8) is 0 Å². The first-order valence-electron chi connectivity index (χ1n) is 9.65. The topological polar surface area (TPSA) is 106 Å². The molecule has 0 radical (unpaired) electrons. The normalized spacial score (nSPS) is 10.8. The highest BCUT2D eigenvalue weighted by atomic mass is 32.2. The molecule has 4 rings (SSSR count). The SMILES string of the molecule is CNC(=O)NC(=O)CSc1nc2scc(-c3ccc(C)cc3)c2c(=O)n1-c1ccccn1. The van der Waals surface area contributed by atoms with Crippen LogP contribution in [0.5, 0.6) is 0 Å². The first-order chi connectivity index (χ1) is 15.5. The van der Waals surface area contributed by atoms with Crippen molar-refractivity contribution in [1.29, 1.82) is 0 Å². The number of rotatable bonds is 5. The van der Waals surface area contributed by atoms with E-state index >= 15 is 0 Å². The average Bonchev–Trinajstić information content (AvgIpc) is 3.23. The summed E-state index contributed by atoms with van der Waals surface area (Å²) in [5.41, 5.74) is 2.60. The fourth-order valence-electron chi connectivity index (χ4n) is 3.06. The van der Waals surface area contributed by atoms with Crippen LogP contribution in [0.1, 0.15) is 5.56 Å². The zero-order chi connectivity index (χ0) is 22.7. The molecule has 3 aromatic heterocycles. The van der Waals surface area contributed by atoms with E-state index in [-0.39, 0.29) is 11.3 Å². The number of pyridine rings is 1. The van der Waals surface area contributed by atoms with Gasteiger partial charge in [-0.25, -0.2) is 19.3 Å². The molecule has 0 saturated heterocycles. The summed E-state index contributed by atoms with van der Waals surface area (Å²) in [7, 11) is 1.42. The number of aromatic nitrogens is 3. The lowest BCUT2D eigenvalue weighted by Gasteiger charge is -2.11. The van der Waals surface area contributed by atoms with Crippen molar-refractivity contribution in [2.45, 2.75) is 12.1 Å². The second-order valence-corrected chi connectivity index (χ2v) is 8.64. The van der Waals surface area contributed by atoms with Crippen molar-refractivity contribution in [1.82, 2.24) is 25.2 Å². The third kappa shape index (κ3) is 4.41. The Morgan fingerprint density at radius 2 is 1.94 bits per heavy atom. The Morgan fingerprint density at radius 1 is 1.16 bits per heavy atom. The number of nitrogens with zero attached hydrogens (tertiary/aromatic N) is 3. The van der Waals surface area contributed by atoms with Gasteiger partial charge >= 0.3 is 6.03 Å². The lowest BCUT2D eigenvalue weighted by atomic mass is 10.1. The number of nitrogens with one attached hydrogen (secondary N) is 2. The van der Waals surface area contributed by atoms with E-state index < -0.39 is 11.9 Å². The fourth-order valence-corrected chi connectivity index (χ4v) is 4.85. The lowest BCUT2D eigenvalue weighted by Crippen LogP contribution is -2.38. The number of thioether (sulfide) groups is 1. The number of imide groups is 1. The van der Waals surface area contributed by atoms with Crippen LogP contribution in [0.4, 0.5) is 4.79 Å². The van der Waals surface area contributed by atoms with Crippen LogP contribution in [-0.4, -0.2) is 39.3 Å². The molecule has 0 aliphatic carbocycles. The third-order valence-corrected chi connectivity index (χ3v) is 6.44. The van der Waals surface area contributed by atoms with Crippen molar-refractivity contribution in [3.8, 4) is 16.9 Å². The lowest BCUT2D eigenvalue weighted by molar-refractivity contribution is -0.117. The molecule has 0 unspecified atom stereocenters. The zero-order valence-corrected chi connectivity index (χ0v) is 18.9. The molecule has 4 aromatic rings. The van der Waals surface area contributed by atoms with Crippen molar-refractivity contribution < 1.29 is 9.59 Å². The van der Waals surface area contributed by atoms with Gasteiger partial charge in [-0.15, -0.1) is 11.3 Å². The molecule has 0 aliphatic rings. The van der Waals surface area contributed by atoms with Gasteiger partial charge in [0.05, 0.1) is 11.1 Å². The monoisotopic (exact) mass is 465 g/mol. The highest BCUT2D eigenvalue weighted by molar-refractivity contribution is 7.99. The van der Waals surface area contributed by atoms with Crippen LogP contribution in [0.25, 0.3) is 27.2 Å². The van der Waals surface area contributed by atoms with Gasteiger partial charge in [-0.05, 0) is 24.6 Å². The molecular formula is C22H19N5O3S2. The number of aryl methyl sites for hydroxylation is 1. The molecule has 162 valence electrons. The number of hydrogen-bond donors (Lipinski definition) is 2. The van der Waals surface area contributed by atoms with E-state index in [1.807, 2.05) is 36.6 Å². The van der Waals surface area contributed by atoms with Gasteiger partial charge in [0, 0.05) is 24.2 Å². The summed E-state index contributed by atoms with van der Waals surface area (Å²) >= 11 is 2.44. The highest BCUT2D eigenvalue weighted by Crippen LogP contribution is 2.32. The molecule has 2 N–H and O–H groups in total. The van der Waals surface area contributed by atoms with Gasteiger partial charge in [-0.1, -0.05) is 47.7 Å². The minimum absolute atomic E-state index is 0.0889. The van der Waals surface area contributed by atoms with E-state index in [9.17, 15) is 14.4 Å². The zero-order valence-electron chi connectivity index (χ0n) is 17.3. The second kappa shape index (κ2) is 9.33. The summed E-state index contributed by atoms with van der Waals surface area (Å²) in [6.07, 6.45) is 1.59. The van der Waals surface area contributed by atoms with Gasteiger partial charge in [0.2, 0.25) is 5.91 Å². The van der Waals surface area contributed by atoms with Crippen molar-refractivity contribution in [2.24, 2.45) is 0 Å². The number of thiophene rings is 1. The quantitative estimate of drug-likeness (QED) is 0.346. The minimum atomic E-state index is -0.595. The molecule has 1 aromatic carbocycles. The standard InChI is InChI=1S/C22H19N5O3S2/c1-13-6-8-14(9-7-13)15-11-31-19-18(15)20(29)27(16-5-3-4-10-24-16)22(26-19)32-12-17(28)25-21(30)23-2/h3-11H,12H2,1-2H3,(H2,23,25,28,30). The Labute approximate surface area is 191 Å². The molecule has 3 heterocycles. The summed E-state index contributed by atoms with van der Waals surface area (Å²) in [6.45, 7) is 2.01. The van der Waals surface area contributed by atoms with Crippen LogP contribution in [-0.2, 0) is 4.79 Å². The van der Waals surface area contributed by atoms with Crippen LogP contribution in [0, 0.1) is 6.92 Å². The Hall–Kier alpha value is -3.50. The molecule has 0 atom stereocenters. The van der Waals surface area contributed by atoms with Crippen molar-refractivity contribution in [2.75, 3.05) is 12.8 Å². The molecule has 0 fully saturated rings. The molecule has 0 saturated carbocycles. The van der Waals surface area contributed by atoms with Gasteiger partial charge in [0.1, 0.15) is 10.6 Å². The molecule has 10 heteroatoms. The number of carbonyl (C=O) groups excluding carboxylic acids is 2. The van der Waals surface area contributed by atoms with E-state index in [0.717, 1.165) is 28.5 Å². The number of carbonyl (C=O) groups is 2. The summed E-state index contributed by atoms with van der Waals surface area (Å²) in [6, 6.07) is 12.6. The van der Waals surface area contributed by atoms with Gasteiger partial charge < -0.3 is 5.32 Å². The number of hydrogen-bond acceptors (Lipinski definition) is 7. The van der Waals surface area contributed by atoms with Crippen molar-refractivity contribution in [3.05, 3.63) is 70.0 Å². The maximum Gasteiger partial charge on any atom is 0.321 e. The van der Waals surface area contributed by atoms with Gasteiger partial charge in [-0.3, -0.25) is 14.9 Å². The summed E-state index contributed by atoms with van der Waals surface area (Å²) < 4.78 is 1.41. The second-order valence-electron chi connectivity index (χ2n) is 6.83. The molecule has 3 amide bonds. The van der Waals surface area contributed by atoms with Crippen LogP contribution in [0.3, 0.4) is 0 Å². The van der Waals surface area contributed by atoms with Crippen LogP contribution in [0.2, 0.25) is 0 Å². The predicted molar refractivity (Wildman–Crippen MR) is 127 cm³/mol. The highest BCUT2D eigenvalue weighted by Gasteiger charge is 2.20. The van der Waals surface area contributed by atoms with Crippen LogP contribution in [0.15, 0.2) is 64.0 Å². The van der Waals surface area contributed by atoms with Gasteiger partial charge in [0.25, 0.3) is 5.56 Å².